The summed E-state index contributed by atoms with van der Waals surface area (Å²) in [6.07, 6.45) is 3.14. The fraction of sp³-hybridized carbons (Fsp3) is 0.400. The van der Waals surface area contributed by atoms with Gasteiger partial charge in [0.2, 0.25) is 0 Å². The molecule has 1 amide bonds. The highest BCUT2D eigenvalue weighted by atomic mass is 16.5. The summed E-state index contributed by atoms with van der Waals surface area (Å²) in [6, 6.07) is 7.22. The number of hydrogen-bond acceptors (Lipinski definition) is 3. The monoisotopic (exact) mass is 260 g/mol. The van der Waals surface area contributed by atoms with Crippen LogP contribution in [0.1, 0.15) is 23.7 Å². The predicted molar refractivity (Wildman–Crippen MR) is 75.5 cm³/mol. The molecule has 1 aromatic rings. The molecule has 0 unspecified atom stereocenters. The Morgan fingerprint density at radius 1 is 1.37 bits per heavy atom. The van der Waals surface area contributed by atoms with E-state index in [0.717, 1.165) is 25.3 Å². The summed E-state index contributed by atoms with van der Waals surface area (Å²) in [5.74, 6) is 0.752. The number of nitrogens with one attached hydrogen (secondary N) is 2. The molecule has 4 heteroatoms. The minimum absolute atomic E-state index is 0.0394. The number of amides is 1. The van der Waals surface area contributed by atoms with Gasteiger partial charge < -0.3 is 15.4 Å². The second-order valence-electron chi connectivity index (χ2n) is 4.46. The number of carbonyl (C=O) groups excluding carboxylic acids is 1. The molecule has 102 valence electrons. The van der Waals surface area contributed by atoms with E-state index >= 15 is 0 Å². The van der Waals surface area contributed by atoms with Crippen molar-refractivity contribution in [3.05, 3.63) is 41.5 Å². The number of benzene rings is 1. The van der Waals surface area contributed by atoms with Crippen LogP contribution in [0.2, 0.25) is 0 Å². The molecule has 0 radical (unpaired) electrons. The maximum Gasteiger partial charge on any atom is 0.251 e. The zero-order valence-corrected chi connectivity index (χ0v) is 11.2. The first-order chi connectivity index (χ1) is 9.29. The standard InChI is InChI=1S/C15H20N2O2/c1-2-19-14-5-3-13(4-6-14)15(18)17-11-12-7-9-16-10-8-12/h3-7,16H,2,8-11H2,1H3,(H,17,18). The minimum atomic E-state index is -0.0394. The van der Waals surface area contributed by atoms with Crippen LogP contribution in [0.15, 0.2) is 35.9 Å². The van der Waals surface area contributed by atoms with Gasteiger partial charge in [0.25, 0.3) is 5.91 Å². The lowest BCUT2D eigenvalue weighted by molar-refractivity contribution is 0.0956. The van der Waals surface area contributed by atoms with E-state index in [0.29, 0.717) is 18.7 Å². The average Bonchev–Trinajstić information content (AvgIpc) is 2.47. The van der Waals surface area contributed by atoms with Crippen molar-refractivity contribution in [1.82, 2.24) is 10.6 Å². The quantitative estimate of drug-likeness (QED) is 0.793. The molecule has 0 saturated heterocycles. The van der Waals surface area contributed by atoms with Crippen molar-refractivity contribution in [3.63, 3.8) is 0 Å². The summed E-state index contributed by atoms with van der Waals surface area (Å²) in [6.45, 7) is 5.09. The first-order valence-electron chi connectivity index (χ1n) is 6.69. The summed E-state index contributed by atoms with van der Waals surface area (Å²) in [4.78, 5) is 12.0. The Morgan fingerprint density at radius 2 is 2.16 bits per heavy atom. The molecule has 0 spiro atoms. The zero-order valence-electron chi connectivity index (χ0n) is 11.2. The molecule has 4 nitrogen and oxygen atoms in total. The second-order valence-corrected chi connectivity index (χ2v) is 4.46. The smallest absolute Gasteiger partial charge is 0.251 e. The van der Waals surface area contributed by atoms with E-state index in [1.807, 2.05) is 19.1 Å². The first kappa shape index (κ1) is 13.6. The van der Waals surface area contributed by atoms with Gasteiger partial charge in [-0.15, -0.1) is 0 Å². The summed E-state index contributed by atoms with van der Waals surface area (Å²) < 4.78 is 5.35. The molecule has 1 aromatic carbocycles. The summed E-state index contributed by atoms with van der Waals surface area (Å²) in [7, 11) is 0. The van der Waals surface area contributed by atoms with Gasteiger partial charge in [0.05, 0.1) is 6.61 Å². The van der Waals surface area contributed by atoms with Gasteiger partial charge >= 0.3 is 0 Å². The van der Waals surface area contributed by atoms with Crippen molar-refractivity contribution in [2.24, 2.45) is 0 Å². The van der Waals surface area contributed by atoms with Gasteiger partial charge in [0.1, 0.15) is 5.75 Å². The second kappa shape index (κ2) is 6.95. The Morgan fingerprint density at radius 3 is 2.79 bits per heavy atom. The number of hydrogen-bond donors (Lipinski definition) is 2. The Balaban J connectivity index is 1.86. The van der Waals surface area contributed by atoms with Crippen LogP contribution in [0.25, 0.3) is 0 Å². The molecule has 2 rings (SSSR count). The molecule has 2 N–H and O–H groups in total. The van der Waals surface area contributed by atoms with Crippen molar-refractivity contribution < 1.29 is 9.53 Å². The summed E-state index contributed by atoms with van der Waals surface area (Å²) >= 11 is 0. The molecule has 1 aliphatic heterocycles. The Kier molecular flexibility index (Phi) is 4.98. The van der Waals surface area contributed by atoms with Crippen LogP contribution in [0.3, 0.4) is 0 Å². The maximum absolute atomic E-state index is 12.0. The van der Waals surface area contributed by atoms with E-state index in [4.69, 9.17) is 4.74 Å². The summed E-state index contributed by atoms with van der Waals surface area (Å²) in [5, 5.41) is 6.19. The molecule has 0 bridgehead atoms. The Labute approximate surface area is 113 Å². The SMILES string of the molecule is CCOc1ccc(C(=O)NCC2=CCNCC2)cc1. The number of carbonyl (C=O) groups is 1. The van der Waals surface area contributed by atoms with Gasteiger partial charge in [-0.25, -0.2) is 0 Å². The fourth-order valence-corrected chi connectivity index (χ4v) is 2.00. The highest BCUT2D eigenvalue weighted by Crippen LogP contribution is 2.12. The molecule has 1 aliphatic rings. The van der Waals surface area contributed by atoms with Gasteiger partial charge in [-0.2, -0.15) is 0 Å². The van der Waals surface area contributed by atoms with Gasteiger partial charge in [-0.3, -0.25) is 4.79 Å². The molecule has 1 heterocycles. The normalized spacial score (nSPS) is 14.7. The molecule has 0 aliphatic carbocycles. The van der Waals surface area contributed by atoms with Crippen molar-refractivity contribution >= 4 is 5.91 Å². The van der Waals surface area contributed by atoms with Crippen molar-refractivity contribution in [2.75, 3.05) is 26.2 Å². The Hall–Kier alpha value is -1.81. The third kappa shape index (κ3) is 4.10. The highest BCUT2D eigenvalue weighted by Gasteiger charge is 2.07. The molecular formula is C15H20N2O2. The lowest BCUT2D eigenvalue weighted by atomic mass is 10.1. The van der Waals surface area contributed by atoms with Crippen LogP contribution in [0, 0.1) is 0 Å². The van der Waals surface area contributed by atoms with Crippen LogP contribution in [-0.2, 0) is 0 Å². The minimum Gasteiger partial charge on any atom is -0.494 e. The van der Waals surface area contributed by atoms with Crippen LogP contribution in [0.5, 0.6) is 5.75 Å². The summed E-state index contributed by atoms with van der Waals surface area (Å²) in [5.41, 5.74) is 1.95. The average molecular weight is 260 g/mol. The molecular weight excluding hydrogens is 240 g/mol. The third-order valence-corrected chi connectivity index (χ3v) is 3.06. The Bertz CT molecular complexity index is 452. The van der Waals surface area contributed by atoms with Crippen LogP contribution >= 0.6 is 0 Å². The van der Waals surface area contributed by atoms with Gasteiger partial charge in [0.15, 0.2) is 0 Å². The largest absolute Gasteiger partial charge is 0.494 e. The maximum atomic E-state index is 12.0. The third-order valence-electron chi connectivity index (χ3n) is 3.06. The first-order valence-corrected chi connectivity index (χ1v) is 6.69. The lowest BCUT2D eigenvalue weighted by Gasteiger charge is -2.14. The molecule has 0 fully saturated rings. The van der Waals surface area contributed by atoms with Crippen LogP contribution < -0.4 is 15.4 Å². The highest BCUT2D eigenvalue weighted by molar-refractivity contribution is 5.94. The van der Waals surface area contributed by atoms with E-state index in [-0.39, 0.29) is 5.91 Å². The van der Waals surface area contributed by atoms with Crippen molar-refractivity contribution in [2.45, 2.75) is 13.3 Å². The predicted octanol–water partition coefficient (Wildman–Crippen LogP) is 1.73. The van der Waals surface area contributed by atoms with Crippen molar-refractivity contribution in [1.29, 1.82) is 0 Å². The van der Waals surface area contributed by atoms with Gasteiger partial charge in [-0.1, -0.05) is 11.6 Å². The lowest BCUT2D eigenvalue weighted by Crippen LogP contribution is -2.29. The topological polar surface area (TPSA) is 50.4 Å². The molecule has 19 heavy (non-hydrogen) atoms. The van der Waals surface area contributed by atoms with Gasteiger partial charge in [-0.05, 0) is 44.2 Å². The molecule has 0 aromatic heterocycles. The van der Waals surface area contributed by atoms with E-state index in [1.54, 1.807) is 12.1 Å². The van der Waals surface area contributed by atoms with Gasteiger partial charge in [0, 0.05) is 18.7 Å². The van der Waals surface area contributed by atoms with E-state index in [9.17, 15) is 4.79 Å². The number of ether oxygens (including phenoxy) is 1. The van der Waals surface area contributed by atoms with Crippen molar-refractivity contribution in [3.8, 4) is 5.75 Å². The van der Waals surface area contributed by atoms with Crippen LogP contribution in [-0.4, -0.2) is 32.1 Å². The zero-order chi connectivity index (χ0) is 13.5. The number of rotatable bonds is 5. The fourth-order valence-electron chi connectivity index (χ4n) is 2.00. The van der Waals surface area contributed by atoms with E-state index < -0.39 is 0 Å². The molecule has 0 saturated carbocycles. The molecule has 0 atom stereocenters. The van der Waals surface area contributed by atoms with E-state index in [2.05, 4.69) is 16.7 Å². The van der Waals surface area contributed by atoms with Crippen LogP contribution in [0.4, 0.5) is 0 Å². The van der Waals surface area contributed by atoms with E-state index in [1.165, 1.54) is 5.57 Å².